The van der Waals surface area contributed by atoms with Crippen LogP contribution in [0.15, 0.2) is 88.9 Å². The maximum Gasteiger partial charge on any atom is 0.300 e. The molecule has 6 heteroatoms. The Hall–Kier alpha value is -2.89. The Morgan fingerprint density at radius 3 is 2.14 bits per heavy atom. The lowest BCUT2D eigenvalue weighted by atomic mass is 9.95. The molecule has 0 unspecified atom stereocenters. The van der Waals surface area contributed by atoms with Gasteiger partial charge in [0.05, 0.1) is 11.6 Å². The van der Waals surface area contributed by atoms with Gasteiger partial charge in [-0.1, -0.05) is 70.0 Å². The highest BCUT2D eigenvalue weighted by Crippen LogP contribution is 2.42. The Bertz CT molecular complexity index is 1110. The number of rotatable bonds is 3. The molecule has 0 aliphatic carbocycles. The SMILES string of the molecule is O=C1C(=O)N(c2ccc(Br)cc2)[C@H](c2ccc(Cl)cc2)/C1=C(\O)c1ccccc1. The Morgan fingerprint density at radius 2 is 1.52 bits per heavy atom. The zero-order valence-corrected chi connectivity index (χ0v) is 17.4. The zero-order chi connectivity index (χ0) is 20.5. The predicted molar refractivity (Wildman–Crippen MR) is 117 cm³/mol. The number of nitrogens with zero attached hydrogens (tertiary/aromatic N) is 1. The van der Waals surface area contributed by atoms with Gasteiger partial charge in [0, 0.05) is 20.7 Å². The van der Waals surface area contributed by atoms with Crippen LogP contribution in [0.1, 0.15) is 17.2 Å². The summed E-state index contributed by atoms with van der Waals surface area (Å²) in [6.07, 6.45) is 0. The molecule has 4 rings (SSSR count). The van der Waals surface area contributed by atoms with E-state index in [1.807, 2.05) is 6.07 Å². The van der Waals surface area contributed by atoms with Crippen LogP contribution in [0.3, 0.4) is 0 Å². The molecule has 0 aromatic heterocycles. The number of carbonyl (C=O) groups is 2. The number of anilines is 1. The van der Waals surface area contributed by atoms with Gasteiger partial charge in [0.15, 0.2) is 0 Å². The van der Waals surface area contributed by atoms with Gasteiger partial charge in [0.2, 0.25) is 0 Å². The Morgan fingerprint density at radius 1 is 0.897 bits per heavy atom. The topological polar surface area (TPSA) is 57.6 Å². The van der Waals surface area contributed by atoms with Crippen LogP contribution in [0.25, 0.3) is 5.76 Å². The maximum absolute atomic E-state index is 13.0. The van der Waals surface area contributed by atoms with Crippen molar-refractivity contribution in [2.24, 2.45) is 0 Å². The molecular weight excluding hydrogens is 454 g/mol. The van der Waals surface area contributed by atoms with Crippen molar-refractivity contribution in [3.8, 4) is 0 Å². The average molecular weight is 469 g/mol. The summed E-state index contributed by atoms with van der Waals surface area (Å²) < 4.78 is 0.852. The maximum atomic E-state index is 13.0. The summed E-state index contributed by atoms with van der Waals surface area (Å²) in [5.41, 5.74) is 1.75. The minimum Gasteiger partial charge on any atom is -0.507 e. The van der Waals surface area contributed by atoms with Gasteiger partial charge in [-0.3, -0.25) is 14.5 Å². The van der Waals surface area contributed by atoms with Gasteiger partial charge < -0.3 is 5.11 Å². The summed E-state index contributed by atoms with van der Waals surface area (Å²) in [7, 11) is 0. The Kier molecular flexibility index (Phi) is 5.26. The summed E-state index contributed by atoms with van der Waals surface area (Å²) in [5.74, 6) is -1.62. The highest BCUT2D eigenvalue weighted by molar-refractivity contribution is 9.10. The van der Waals surface area contributed by atoms with E-state index in [2.05, 4.69) is 15.9 Å². The lowest BCUT2D eigenvalue weighted by Gasteiger charge is -2.25. The van der Waals surface area contributed by atoms with E-state index in [1.165, 1.54) is 4.90 Å². The number of carbonyl (C=O) groups excluding carboxylic acids is 2. The van der Waals surface area contributed by atoms with E-state index in [-0.39, 0.29) is 11.3 Å². The number of ketones is 1. The fourth-order valence-electron chi connectivity index (χ4n) is 3.41. The van der Waals surface area contributed by atoms with E-state index in [0.717, 1.165) is 4.47 Å². The number of amides is 1. The molecule has 1 aliphatic heterocycles. The van der Waals surface area contributed by atoms with Crippen molar-refractivity contribution in [1.82, 2.24) is 0 Å². The van der Waals surface area contributed by atoms with Gasteiger partial charge in [-0.05, 0) is 42.0 Å². The van der Waals surface area contributed by atoms with Crippen molar-refractivity contribution < 1.29 is 14.7 Å². The molecule has 144 valence electrons. The molecule has 0 spiro atoms. The van der Waals surface area contributed by atoms with Gasteiger partial charge in [0.1, 0.15) is 5.76 Å². The van der Waals surface area contributed by atoms with Crippen molar-refractivity contribution >= 4 is 50.7 Å². The van der Waals surface area contributed by atoms with Crippen LogP contribution in [0.2, 0.25) is 5.02 Å². The Labute approximate surface area is 181 Å². The lowest BCUT2D eigenvalue weighted by Crippen LogP contribution is -2.29. The normalized spacial score (nSPS) is 18.3. The highest BCUT2D eigenvalue weighted by Gasteiger charge is 2.46. The number of aliphatic hydroxyl groups excluding tert-OH is 1. The summed E-state index contributed by atoms with van der Waals surface area (Å²) >= 11 is 9.41. The quantitative estimate of drug-likeness (QED) is 0.303. The lowest BCUT2D eigenvalue weighted by molar-refractivity contribution is -0.132. The second-order valence-corrected chi connectivity index (χ2v) is 7.92. The van der Waals surface area contributed by atoms with Gasteiger partial charge in [-0.15, -0.1) is 0 Å². The van der Waals surface area contributed by atoms with Crippen LogP contribution in [0.5, 0.6) is 0 Å². The second kappa shape index (κ2) is 7.85. The molecule has 1 fully saturated rings. The molecule has 3 aromatic carbocycles. The largest absolute Gasteiger partial charge is 0.507 e. The molecule has 0 saturated carbocycles. The molecule has 3 aromatic rings. The fourth-order valence-corrected chi connectivity index (χ4v) is 3.80. The first-order valence-electron chi connectivity index (χ1n) is 8.85. The number of hydrogen-bond acceptors (Lipinski definition) is 3. The first-order valence-corrected chi connectivity index (χ1v) is 10.0. The summed E-state index contributed by atoms with van der Waals surface area (Å²) in [6, 6.07) is 21.9. The van der Waals surface area contributed by atoms with Crippen LogP contribution >= 0.6 is 27.5 Å². The molecule has 1 heterocycles. The molecule has 4 nitrogen and oxygen atoms in total. The van der Waals surface area contributed by atoms with E-state index in [4.69, 9.17) is 11.6 Å². The third-order valence-electron chi connectivity index (χ3n) is 4.78. The standard InChI is InChI=1S/C23H15BrClNO3/c24-16-8-12-18(13-9-16)26-20(14-6-10-17(25)11-7-14)19(22(28)23(26)29)21(27)15-4-2-1-3-5-15/h1-13,20,27H/b21-19+/t20-/m1/s1. The van der Waals surface area contributed by atoms with Gasteiger partial charge in [-0.2, -0.15) is 0 Å². The molecule has 1 amide bonds. The summed E-state index contributed by atoms with van der Waals surface area (Å²) in [6.45, 7) is 0. The monoisotopic (exact) mass is 467 g/mol. The van der Waals surface area contributed by atoms with Gasteiger partial charge in [-0.25, -0.2) is 0 Å². The van der Waals surface area contributed by atoms with Crippen LogP contribution < -0.4 is 4.90 Å². The smallest absolute Gasteiger partial charge is 0.300 e. The average Bonchev–Trinajstić information content (AvgIpc) is 3.00. The predicted octanol–water partition coefficient (Wildman–Crippen LogP) is 5.73. The van der Waals surface area contributed by atoms with Gasteiger partial charge in [0.25, 0.3) is 11.7 Å². The van der Waals surface area contributed by atoms with Crippen molar-refractivity contribution in [2.45, 2.75) is 6.04 Å². The van der Waals surface area contributed by atoms with Gasteiger partial charge >= 0.3 is 0 Å². The van der Waals surface area contributed by atoms with Crippen LogP contribution in [0, 0.1) is 0 Å². The molecule has 0 bridgehead atoms. The van der Waals surface area contributed by atoms with Crippen molar-refractivity contribution in [3.63, 3.8) is 0 Å². The number of benzene rings is 3. The molecule has 1 atom stereocenters. The number of halogens is 2. The number of hydrogen-bond donors (Lipinski definition) is 1. The van der Waals surface area contributed by atoms with E-state index >= 15 is 0 Å². The fraction of sp³-hybridized carbons (Fsp3) is 0.0435. The molecular formula is C23H15BrClNO3. The Balaban J connectivity index is 1.94. The third kappa shape index (κ3) is 3.59. The van der Waals surface area contributed by atoms with Crippen molar-refractivity contribution in [2.75, 3.05) is 4.90 Å². The van der Waals surface area contributed by atoms with Crippen LogP contribution in [-0.4, -0.2) is 16.8 Å². The zero-order valence-electron chi connectivity index (χ0n) is 15.0. The number of aliphatic hydroxyl groups is 1. The van der Waals surface area contributed by atoms with Crippen LogP contribution in [0.4, 0.5) is 5.69 Å². The molecule has 0 radical (unpaired) electrons. The molecule has 1 N–H and O–H groups in total. The van der Waals surface area contributed by atoms with E-state index < -0.39 is 17.7 Å². The molecule has 1 aliphatic rings. The minimum absolute atomic E-state index is 0.0476. The van der Waals surface area contributed by atoms with E-state index in [0.29, 0.717) is 21.8 Å². The van der Waals surface area contributed by atoms with E-state index in [9.17, 15) is 14.7 Å². The van der Waals surface area contributed by atoms with E-state index in [1.54, 1.807) is 72.8 Å². The molecule has 1 saturated heterocycles. The summed E-state index contributed by atoms with van der Waals surface area (Å²) in [5, 5.41) is 11.5. The number of Topliss-reactive ketones (excluding diaryl/α,β-unsaturated/α-hetero) is 1. The van der Waals surface area contributed by atoms with Crippen molar-refractivity contribution in [1.29, 1.82) is 0 Å². The second-order valence-electron chi connectivity index (χ2n) is 6.56. The first-order chi connectivity index (χ1) is 14.0. The highest BCUT2D eigenvalue weighted by atomic mass is 79.9. The minimum atomic E-state index is -0.770. The van der Waals surface area contributed by atoms with Crippen LogP contribution in [-0.2, 0) is 9.59 Å². The third-order valence-corrected chi connectivity index (χ3v) is 5.56. The summed E-state index contributed by atoms with van der Waals surface area (Å²) in [4.78, 5) is 27.4. The molecule has 29 heavy (non-hydrogen) atoms. The first kappa shape index (κ1) is 19.4. The van der Waals surface area contributed by atoms with Crippen molar-refractivity contribution in [3.05, 3.63) is 105 Å².